The highest BCUT2D eigenvalue weighted by molar-refractivity contribution is 5.29. The normalized spacial score (nSPS) is 10.5. The third-order valence-electron chi connectivity index (χ3n) is 3.32. The summed E-state index contributed by atoms with van der Waals surface area (Å²) in [5, 5.41) is 8.42. The van der Waals surface area contributed by atoms with Crippen LogP contribution in [0.5, 0.6) is 5.75 Å². The Labute approximate surface area is 124 Å². The molecule has 0 fully saturated rings. The molecule has 3 aromatic rings. The Bertz CT molecular complexity index is 690. The maximum absolute atomic E-state index is 5.16. The average Bonchev–Trinajstić information content (AvgIpc) is 2.96. The molecule has 0 saturated carbocycles. The van der Waals surface area contributed by atoms with Gasteiger partial charge in [0.05, 0.1) is 19.3 Å². The maximum atomic E-state index is 5.16. The first-order valence-electron chi connectivity index (χ1n) is 6.89. The first-order valence-corrected chi connectivity index (χ1v) is 6.89. The SMILES string of the molecule is COc1ccc(Cc2cn(Cc3ccccc3)nn2)cc1. The summed E-state index contributed by atoms with van der Waals surface area (Å²) < 4.78 is 7.03. The van der Waals surface area contributed by atoms with Gasteiger partial charge in [-0.15, -0.1) is 5.10 Å². The number of benzene rings is 2. The van der Waals surface area contributed by atoms with Crippen molar-refractivity contribution in [2.45, 2.75) is 13.0 Å². The Morgan fingerprint density at radius 1 is 0.952 bits per heavy atom. The lowest BCUT2D eigenvalue weighted by Crippen LogP contribution is -1.99. The second-order valence-corrected chi connectivity index (χ2v) is 4.92. The fraction of sp³-hybridized carbons (Fsp3) is 0.176. The molecule has 0 amide bonds. The molecule has 0 N–H and O–H groups in total. The number of rotatable bonds is 5. The lowest BCUT2D eigenvalue weighted by Gasteiger charge is -2.01. The lowest BCUT2D eigenvalue weighted by molar-refractivity contribution is 0.414. The van der Waals surface area contributed by atoms with Gasteiger partial charge in [0.2, 0.25) is 0 Å². The van der Waals surface area contributed by atoms with Crippen molar-refractivity contribution in [1.29, 1.82) is 0 Å². The number of hydrogen-bond donors (Lipinski definition) is 0. The van der Waals surface area contributed by atoms with Crippen molar-refractivity contribution >= 4 is 0 Å². The van der Waals surface area contributed by atoms with Crippen LogP contribution >= 0.6 is 0 Å². The van der Waals surface area contributed by atoms with E-state index in [1.165, 1.54) is 11.1 Å². The van der Waals surface area contributed by atoms with E-state index in [4.69, 9.17) is 4.74 Å². The first-order chi connectivity index (χ1) is 10.3. The Kier molecular flexibility index (Phi) is 3.96. The molecule has 0 aliphatic heterocycles. The summed E-state index contributed by atoms with van der Waals surface area (Å²) in [6, 6.07) is 18.3. The molecule has 0 spiro atoms. The van der Waals surface area contributed by atoms with Crippen LogP contribution in [0.4, 0.5) is 0 Å². The highest BCUT2D eigenvalue weighted by atomic mass is 16.5. The van der Waals surface area contributed by atoms with Crippen LogP contribution < -0.4 is 4.74 Å². The molecule has 1 aromatic heterocycles. The number of aromatic nitrogens is 3. The van der Waals surface area contributed by atoms with Crippen molar-refractivity contribution < 1.29 is 4.74 Å². The minimum Gasteiger partial charge on any atom is -0.497 e. The van der Waals surface area contributed by atoms with Crippen molar-refractivity contribution in [2.75, 3.05) is 7.11 Å². The highest BCUT2D eigenvalue weighted by Crippen LogP contribution is 2.14. The monoisotopic (exact) mass is 279 g/mol. The molecular formula is C17H17N3O. The molecule has 0 saturated heterocycles. The molecule has 21 heavy (non-hydrogen) atoms. The molecular weight excluding hydrogens is 262 g/mol. The van der Waals surface area contributed by atoms with E-state index in [-0.39, 0.29) is 0 Å². The zero-order valence-corrected chi connectivity index (χ0v) is 11.9. The van der Waals surface area contributed by atoms with Crippen LogP contribution in [0.25, 0.3) is 0 Å². The summed E-state index contributed by atoms with van der Waals surface area (Å²) in [6.07, 6.45) is 2.77. The topological polar surface area (TPSA) is 39.9 Å². The number of nitrogens with zero attached hydrogens (tertiary/aromatic N) is 3. The van der Waals surface area contributed by atoms with Crippen molar-refractivity contribution in [2.24, 2.45) is 0 Å². The Hall–Kier alpha value is -2.62. The smallest absolute Gasteiger partial charge is 0.118 e. The minimum absolute atomic E-state index is 0.746. The number of hydrogen-bond acceptors (Lipinski definition) is 3. The largest absolute Gasteiger partial charge is 0.497 e. The maximum Gasteiger partial charge on any atom is 0.118 e. The summed E-state index contributed by atoms with van der Waals surface area (Å²) in [7, 11) is 1.67. The van der Waals surface area contributed by atoms with E-state index < -0.39 is 0 Å². The quantitative estimate of drug-likeness (QED) is 0.721. The van der Waals surface area contributed by atoms with Gasteiger partial charge in [-0.05, 0) is 23.3 Å². The third kappa shape index (κ3) is 3.48. The van der Waals surface area contributed by atoms with Gasteiger partial charge in [0.15, 0.2) is 0 Å². The molecule has 0 aliphatic carbocycles. The van der Waals surface area contributed by atoms with Gasteiger partial charge >= 0.3 is 0 Å². The second-order valence-electron chi connectivity index (χ2n) is 4.92. The van der Waals surface area contributed by atoms with Crippen LogP contribution in [0.15, 0.2) is 60.8 Å². The van der Waals surface area contributed by atoms with Crippen LogP contribution in [-0.4, -0.2) is 22.1 Å². The van der Waals surface area contributed by atoms with Gasteiger partial charge in [-0.25, -0.2) is 4.68 Å². The van der Waals surface area contributed by atoms with Crippen LogP contribution in [0, 0.1) is 0 Å². The molecule has 2 aromatic carbocycles. The van der Waals surface area contributed by atoms with Gasteiger partial charge in [-0.1, -0.05) is 47.7 Å². The van der Waals surface area contributed by atoms with Crippen molar-refractivity contribution in [3.8, 4) is 5.75 Å². The zero-order chi connectivity index (χ0) is 14.5. The zero-order valence-electron chi connectivity index (χ0n) is 11.9. The predicted octanol–water partition coefficient (Wildman–Crippen LogP) is 2.93. The van der Waals surface area contributed by atoms with Crippen LogP contribution in [0.3, 0.4) is 0 Å². The molecule has 1 heterocycles. The van der Waals surface area contributed by atoms with E-state index in [9.17, 15) is 0 Å². The van der Waals surface area contributed by atoms with Gasteiger partial charge in [0.25, 0.3) is 0 Å². The second kappa shape index (κ2) is 6.22. The number of methoxy groups -OCH3 is 1. The highest BCUT2D eigenvalue weighted by Gasteiger charge is 2.03. The third-order valence-corrected chi connectivity index (χ3v) is 3.32. The molecule has 0 unspecified atom stereocenters. The van der Waals surface area contributed by atoms with Crippen molar-refractivity contribution in [3.63, 3.8) is 0 Å². The molecule has 4 nitrogen and oxygen atoms in total. The van der Waals surface area contributed by atoms with Gasteiger partial charge < -0.3 is 4.74 Å². The van der Waals surface area contributed by atoms with Crippen LogP contribution in [0.2, 0.25) is 0 Å². The van der Waals surface area contributed by atoms with Gasteiger partial charge in [-0.3, -0.25) is 0 Å². The fourth-order valence-electron chi connectivity index (χ4n) is 2.22. The molecule has 0 aliphatic rings. The predicted molar refractivity (Wildman–Crippen MR) is 81.4 cm³/mol. The van der Waals surface area contributed by atoms with E-state index in [1.54, 1.807) is 7.11 Å². The molecule has 106 valence electrons. The lowest BCUT2D eigenvalue weighted by atomic mass is 10.1. The molecule has 3 rings (SSSR count). The van der Waals surface area contributed by atoms with Gasteiger partial charge in [0, 0.05) is 12.6 Å². The molecule has 0 atom stereocenters. The van der Waals surface area contributed by atoms with E-state index >= 15 is 0 Å². The van der Waals surface area contributed by atoms with E-state index in [1.807, 2.05) is 41.2 Å². The van der Waals surface area contributed by atoms with Gasteiger partial charge in [-0.2, -0.15) is 0 Å². The average molecular weight is 279 g/mol. The fourth-order valence-corrected chi connectivity index (χ4v) is 2.22. The van der Waals surface area contributed by atoms with Crippen molar-refractivity contribution in [1.82, 2.24) is 15.0 Å². The van der Waals surface area contributed by atoms with E-state index in [0.29, 0.717) is 0 Å². The Morgan fingerprint density at radius 3 is 2.43 bits per heavy atom. The summed E-state index contributed by atoms with van der Waals surface area (Å²) in [4.78, 5) is 0. The molecule has 0 bridgehead atoms. The van der Waals surface area contributed by atoms with Crippen LogP contribution in [-0.2, 0) is 13.0 Å². The minimum atomic E-state index is 0.746. The van der Waals surface area contributed by atoms with E-state index in [2.05, 4.69) is 34.6 Å². The Balaban J connectivity index is 1.67. The summed E-state index contributed by atoms with van der Waals surface area (Å²) in [6.45, 7) is 0.746. The van der Waals surface area contributed by atoms with Crippen LogP contribution in [0.1, 0.15) is 16.8 Å². The van der Waals surface area contributed by atoms with E-state index in [0.717, 1.165) is 24.4 Å². The summed E-state index contributed by atoms with van der Waals surface area (Å²) in [5.41, 5.74) is 3.39. The molecule has 4 heteroatoms. The standard InChI is InChI=1S/C17H17N3O/c1-21-17-9-7-14(8-10-17)11-16-13-20(19-18-16)12-15-5-3-2-4-6-15/h2-10,13H,11-12H2,1H3. The Morgan fingerprint density at radius 2 is 1.71 bits per heavy atom. The first kappa shape index (κ1) is 13.4. The molecule has 0 radical (unpaired) electrons. The van der Waals surface area contributed by atoms with Gasteiger partial charge in [0.1, 0.15) is 5.75 Å². The summed E-state index contributed by atoms with van der Waals surface area (Å²) >= 11 is 0. The number of ether oxygens (including phenoxy) is 1. The summed E-state index contributed by atoms with van der Waals surface area (Å²) in [5.74, 6) is 0.867. The van der Waals surface area contributed by atoms with Crippen molar-refractivity contribution in [3.05, 3.63) is 77.6 Å².